The van der Waals surface area contributed by atoms with E-state index in [1.165, 1.54) is 0 Å². The maximum absolute atomic E-state index is 12.1. The molecule has 3 rings (SSSR count). The molecule has 0 aliphatic carbocycles. The van der Waals surface area contributed by atoms with Crippen molar-refractivity contribution in [1.29, 1.82) is 0 Å². The van der Waals surface area contributed by atoms with Crippen molar-refractivity contribution in [2.45, 2.75) is 26.4 Å². The Kier molecular flexibility index (Phi) is 3.87. The third-order valence-electron chi connectivity index (χ3n) is 3.88. The molecule has 1 aliphatic heterocycles. The summed E-state index contributed by atoms with van der Waals surface area (Å²) >= 11 is 0. The van der Waals surface area contributed by atoms with Crippen molar-refractivity contribution in [3.8, 4) is 0 Å². The van der Waals surface area contributed by atoms with Crippen LogP contribution in [-0.4, -0.2) is 57.8 Å². The number of amides is 1. The zero-order valence-electron chi connectivity index (χ0n) is 14.1. The zero-order valence-corrected chi connectivity index (χ0v) is 14.1. The lowest BCUT2D eigenvalue weighted by atomic mass is 10.2. The van der Waals surface area contributed by atoms with Crippen molar-refractivity contribution in [2.24, 2.45) is 7.05 Å². The van der Waals surface area contributed by atoms with E-state index in [0.29, 0.717) is 13.1 Å². The summed E-state index contributed by atoms with van der Waals surface area (Å²) in [6.07, 6.45) is -0.238. The molecule has 0 unspecified atom stereocenters. The van der Waals surface area contributed by atoms with Crippen LogP contribution in [0, 0.1) is 0 Å². The van der Waals surface area contributed by atoms with E-state index in [0.717, 1.165) is 29.8 Å². The number of anilines is 1. The quantitative estimate of drug-likeness (QED) is 0.805. The van der Waals surface area contributed by atoms with Gasteiger partial charge in [-0.05, 0) is 32.9 Å². The van der Waals surface area contributed by atoms with Gasteiger partial charge in [0, 0.05) is 33.2 Å². The topological polar surface area (TPSA) is 63.5 Å². The Morgan fingerprint density at radius 2 is 1.87 bits per heavy atom. The predicted molar refractivity (Wildman–Crippen MR) is 88.5 cm³/mol. The molecule has 1 fully saturated rings. The van der Waals surface area contributed by atoms with Crippen LogP contribution >= 0.6 is 0 Å². The highest BCUT2D eigenvalue weighted by Gasteiger charge is 2.26. The van der Waals surface area contributed by atoms with E-state index in [1.807, 2.05) is 40.0 Å². The van der Waals surface area contributed by atoms with E-state index in [9.17, 15) is 4.79 Å². The number of para-hydroxylation sites is 1. The first-order valence-electron chi connectivity index (χ1n) is 7.86. The molecular formula is C16H23N5O2. The second-order valence-corrected chi connectivity index (χ2v) is 6.81. The first-order valence-corrected chi connectivity index (χ1v) is 7.86. The largest absolute Gasteiger partial charge is 0.444 e. The molecule has 0 N–H and O–H groups in total. The number of aromatic nitrogens is 3. The molecule has 0 saturated carbocycles. The number of carbonyl (C=O) groups excluding carboxylic acids is 1. The SMILES string of the molecule is Cn1nnc2cccc(N3CCN(C(=O)OC(C)(C)C)CC3)c21. The highest BCUT2D eigenvalue weighted by atomic mass is 16.6. The average molecular weight is 317 g/mol. The van der Waals surface area contributed by atoms with Gasteiger partial charge in [0.2, 0.25) is 0 Å². The van der Waals surface area contributed by atoms with Crippen LogP contribution in [0.4, 0.5) is 10.5 Å². The van der Waals surface area contributed by atoms with Crippen LogP contribution in [0.3, 0.4) is 0 Å². The number of benzene rings is 1. The van der Waals surface area contributed by atoms with Crippen molar-refractivity contribution in [1.82, 2.24) is 19.9 Å². The van der Waals surface area contributed by atoms with E-state index < -0.39 is 5.60 Å². The van der Waals surface area contributed by atoms with Gasteiger partial charge in [0.1, 0.15) is 16.6 Å². The smallest absolute Gasteiger partial charge is 0.410 e. The molecule has 2 heterocycles. The lowest BCUT2D eigenvalue weighted by Crippen LogP contribution is -2.50. The molecule has 0 atom stereocenters. The minimum atomic E-state index is -0.458. The van der Waals surface area contributed by atoms with Gasteiger partial charge in [0.25, 0.3) is 0 Å². The minimum absolute atomic E-state index is 0.238. The van der Waals surface area contributed by atoms with E-state index in [1.54, 1.807) is 9.58 Å². The Labute approximate surface area is 135 Å². The fourth-order valence-corrected chi connectivity index (χ4v) is 2.80. The lowest BCUT2D eigenvalue weighted by Gasteiger charge is -2.36. The maximum atomic E-state index is 12.1. The van der Waals surface area contributed by atoms with Crippen molar-refractivity contribution in [3.63, 3.8) is 0 Å². The second kappa shape index (κ2) is 5.72. The number of aryl methyl sites for hydroxylation is 1. The molecule has 1 aromatic carbocycles. The number of hydrogen-bond donors (Lipinski definition) is 0. The highest BCUT2D eigenvalue weighted by molar-refractivity contribution is 5.88. The Hall–Kier alpha value is -2.31. The Bertz CT molecular complexity index is 711. The Morgan fingerprint density at radius 3 is 2.52 bits per heavy atom. The summed E-state index contributed by atoms with van der Waals surface area (Å²) in [6.45, 7) is 8.49. The zero-order chi connectivity index (χ0) is 16.6. The number of rotatable bonds is 1. The van der Waals surface area contributed by atoms with Gasteiger partial charge < -0.3 is 14.5 Å². The summed E-state index contributed by atoms with van der Waals surface area (Å²) in [4.78, 5) is 16.2. The second-order valence-electron chi connectivity index (χ2n) is 6.81. The first kappa shape index (κ1) is 15.6. The fraction of sp³-hybridized carbons (Fsp3) is 0.562. The van der Waals surface area contributed by atoms with Gasteiger partial charge in [-0.1, -0.05) is 11.3 Å². The molecule has 0 spiro atoms. The number of nitrogens with zero attached hydrogens (tertiary/aromatic N) is 5. The molecule has 0 bridgehead atoms. The van der Waals surface area contributed by atoms with Crippen LogP contribution in [0.2, 0.25) is 0 Å². The standard InChI is InChI=1S/C16H23N5O2/c1-16(2,3)23-15(22)21-10-8-20(9-11-21)13-7-5-6-12-14(13)19(4)18-17-12/h5-7H,8-11H2,1-4H3. The summed E-state index contributed by atoms with van der Waals surface area (Å²) in [6, 6.07) is 6.03. The number of fused-ring (bicyclic) bond motifs is 1. The van der Waals surface area contributed by atoms with Gasteiger partial charge in [-0.3, -0.25) is 0 Å². The van der Waals surface area contributed by atoms with Crippen LogP contribution < -0.4 is 4.90 Å². The van der Waals surface area contributed by atoms with E-state index >= 15 is 0 Å². The number of ether oxygens (including phenoxy) is 1. The monoisotopic (exact) mass is 317 g/mol. The predicted octanol–water partition coefficient (Wildman–Crippen LogP) is 2.03. The number of piperazine rings is 1. The fourth-order valence-electron chi connectivity index (χ4n) is 2.80. The molecule has 1 saturated heterocycles. The van der Waals surface area contributed by atoms with Gasteiger partial charge in [-0.2, -0.15) is 0 Å². The lowest BCUT2D eigenvalue weighted by molar-refractivity contribution is 0.0240. The summed E-state index contributed by atoms with van der Waals surface area (Å²) in [7, 11) is 1.90. The molecule has 7 heteroatoms. The maximum Gasteiger partial charge on any atom is 0.410 e. The van der Waals surface area contributed by atoms with Crippen LogP contribution in [-0.2, 0) is 11.8 Å². The molecule has 1 aliphatic rings. The Morgan fingerprint density at radius 1 is 1.17 bits per heavy atom. The van der Waals surface area contributed by atoms with Crippen LogP contribution in [0.25, 0.3) is 11.0 Å². The third-order valence-corrected chi connectivity index (χ3v) is 3.88. The van der Waals surface area contributed by atoms with E-state index in [-0.39, 0.29) is 6.09 Å². The molecule has 0 radical (unpaired) electrons. The van der Waals surface area contributed by atoms with Crippen molar-refractivity contribution in [3.05, 3.63) is 18.2 Å². The van der Waals surface area contributed by atoms with Gasteiger partial charge in [-0.15, -0.1) is 5.10 Å². The van der Waals surface area contributed by atoms with E-state index in [4.69, 9.17) is 4.74 Å². The minimum Gasteiger partial charge on any atom is -0.444 e. The summed E-state index contributed by atoms with van der Waals surface area (Å²) in [5.41, 5.74) is 2.57. The molecule has 23 heavy (non-hydrogen) atoms. The van der Waals surface area contributed by atoms with Gasteiger partial charge in [0.15, 0.2) is 0 Å². The highest BCUT2D eigenvalue weighted by Crippen LogP contribution is 2.26. The average Bonchev–Trinajstić information content (AvgIpc) is 2.87. The molecule has 7 nitrogen and oxygen atoms in total. The third kappa shape index (κ3) is 3.23. The van der Waals surface area contributed by atoms with Crippen LogP contribution in [0.15, 0.2) is 18.2 Å². The first-order chi connectivity index (χ1) is 10.8. The molecular weight excluding hydrogens is 294 g/mol. The molecule has 1 aromatic heterocycles. The Balaban J connectivity index is 1.71. The van der Waals surface area contributed by atoms with Gasteiger partial charge >= 0.3 is 6.09 Å². The van der Waals surface area contributed by atoms with E-state index in [2.05, 4.69) is 21.3 Å². The normalized spacial score (nSPS) is 16.0. The van der Waals surface area contributed by atoms with Gasteiger partial charge in [0.05, 0.1) is 5.69 Å². The summed E-state index contributed by atoms with van der Waals surface area (Å²) in [5.74, 6) is 0. The van der Waals surface area contributed by atoms with Crippen molar-refractivity contribution in [2.75, 3.05) is 31.1 Å². The summed E-state index contributed by atoms with van der Waals surface area (Å²) in [5, 5.41) is 8.25. The van der Waals surface area contributed by atoms with Crippen LogP contribution in [0.5, 0.6) is 0 Å². The summed E-state index contributed by atoms with van der Waals surface area (Å²) < 4.78 is 7.24. The molecule has 1 amide bonds. The number of carbonyl (C=O) groups is 1. The molecule has 2 aromatic rings. The van der Waals surface area contributed by atoms with Crippen molar-refractivity contribution >= 4 is 22.8 Å². The van der Waals surface area contributed by atoms with Gasteiger partial charge in [-0.25, -0.2) is 9.48 Å². The van der Waals surface area contributed by atoms with Crippen LogP contribution in [0.1, 0.15) is 20.8 Å². The van der Waals surface area contributed by atoms with Crippen molar-refractivity contribution < 1.29 is 9.53 Å². The molecule has 124 valence electrons. The number of hydrogen-bond acceptors (Lipinski definition) is 5.